The molecule has 3 saturated heterocycles. The fraction of sp³-hybridized carbons (Fsp3) is 0.778. The van der Waals surface area contributed by atoms with Crippen LogP contribution in [0.25, 0.3) is 0 Å². The second-order valence-electron chi connectivity index (χ2n) is 7.80. The van der Waals surface area contributed by atoms with Crippen molar-refractivity contribution in [3.63, 3.8) is 0 Å². The molecule has 0 saturated carbocycles. The van der Waals surface area contributed by atoms with E-state index >= 15 is 0 Å². The maximum absolute atomic E-state index is 12.3. The zero-order valence-electron chi connectivity index (χ0n) is 14.9. The molecule has 3 aliphatic rings. The summed E-state index contributed by atoms with van der Waals surface area (Å²) in [6.45, 7) is 1.83. The number of aliphatic hydroxyl groups is 1. The Morgan fingerprint density at radius 2 is 2.16 bits per heavy atom. The fourth-order valence-electron chi connectivity index (χ4n) is 4.83. The molecule has 3 atom stereocenters. The topological polar surface area (TPSA) is 79.6 Å². The van der Waals surface area contributed by atoms with E-state index in [4.69, 9.17) is 4.74 Å². The van der Waals surface area contributed by atoms with Crippen molar-refractivity contribution >= 4 is 5.91 Å². The van der Waals surface area contributed by atoms with Gasteiger partial charge in [0.1, 0.15) is 11.4 Å². The molecule has 0 spiro atoms. The average Bonchev–Trinajstić information content (AvgIpc) is 3.28. The van der Waals surface area contributed by atoms with Crippen LogP contribution in [0.2, 0.25) is 0 Å². The van der Waals surface area contributed by atoms with Crippen molar-refractivity contribution in [1.82, 2.24) is 19.8 Å². The van der Waals surface area contributed by atoms with E-state index in [-0.39, 0.29) is 24.1 Å². The van der Waals surface area contributed by atoms with Gasteiger partial charge < -0.3 is 19.7 Å². The van der Waals surface area contributed by atoms with Crippen LogP contribution in [0.4, 0.5) is 0 Å². The van der Waals surface area contributed by atoms with Gasteiger partial charge in [0.15, 0.2) is 0 Å². The van der Waals surface area contributed by atoms with E-state index < -0.39 is 5.60 Å². The van der Waals surface area contributed by atoms with Crippen molar-refractivity contribution in [2.75, 3.05) is 19.7 Å². The van der Waals surface area contributed by atoms with Gasteiger partial charge in [-0.2, -0.15) is 0 Å². The molecule has 4 rings (SSSR count). The lowest BCUT2D eigenvalue weighted by Gasteiger charge is -2.43. The Hall–Kier alpha value is -1.44. The number of aromatic nitrogens is 2. The van der Waals surface area contributed by atoms with Gasteiger partial charge in [-0.3, -0.25) is 9.69 Å². The second-order valence-corrected chi connectivity index (χ2v) is 7.80. The van der Waals surface area contributed by atoms with Crippen molar-refractivity contribution < 1.29 is 14.6 Å². The third-order valence-electron chi connectivity index (χ3n) is 6.03. The Morgan fingerprint density at radius 1 is 1.40 bits per heavy atom. The molecule has 0 aliphatic carbocycles. The molecular weight excluding hydrogens is 320 g/mol. The summed E-state index contributed by atoms with van der Waals surface area (Å²) in [4.78, 5) is 19.0. The molecule has 7 nitrogen and oxygen atoms in total. The van der Waals surface area contributed by atoms with E-state index in [0.29, 0.717) is 25.9 Å². The fourth-order valence-corrected chi connectivity index (χ4v) is 4.83. The number of piperidine rings is 1. The molecular formula is C18H28N4O3. The number of aryl methyl sites for hydroxylation is 1. The number of imidazole rings is 1. The molecule has 0 unspecified atom stereocenters. The van der Waals surface area contributed by atoms with E-state index in [0.717, 1.165) is 38.1 Å². The van der Waals surface area contributed by atoms with Crippen LogP contribution < -0.4 is 5.32 Å². The lowest BCUT2D eigenvalue weighted by molar-refractivity contribution is -0.126. The Bertz CT molecular complexity index is 612. The van der Waals surface area contributed by atoms with Crippen LogP contribution in [0.5, 0.6) is 0 Å². The lowest BCUT2D eigenvalue weighted by atomic mass is 9.85. The Balaban J connectivity index is 1.36. The summed E-state index contributed by atoms with van der Waals surface area (Å²) in [6.07, 6.45) is 9.28. The summed E-state index contributed by atoms with van der Waals surface area (Å²) >= 11 is 0. The summed E-state index contributed by atoms with van der Waals surface area (Å²) in [5.74, 6) is 0.807. The zero-order chi connectivity index (χ0) is 17.4. The first-order chi connectivity index (χ1) is 12.0. The zero-order valence-corrected chi connectivity index (χ0v) is 14.9. The number of hydrogen-bond donors (Lipinski definition) is 2. The minimum atomic E-state index is -0.880. The van der Waals surface area contributed by atoms with Gasteiger partial charge in [-0.05, 0) is 38.5 Å². The first-order valence-electron chi connectivity index (χ1n) is 9.39. The van der Waals surface area contributed by atoms with Gasteiger partial charge in [-0.15, -0.1) is 0 Å². The summed E-state index contributed by atoms with van der Waals surface area (Å²) in [6, 6.07) is 0.489. The number of ether oxygens (including phenoxy) is 1. The quantitative estimate of drug-likeness (QED) is 0.811. The molecule has 1 amide bonds. The van der Waals surface area contributed by atoms with E-state index in [1.807, 2.05) is 17.8 Å². The summed E-state index contributed by atoms with van der Waals surface area (Å²) in [5, 5.41) is 14.2. The van der Waals surface area contributed by atoms with E-state index in [9.17, 15) is 9.90 Å². The van der Waals surface area contributed by atoms with Crippen LogP contribution in [0.1, 0.15) is 44.3 Å². The normalized spacial score (nSPS) is 35.2. The van der Waals surface area contributed by atoms with Crippen LogP contribution in [0, 0.1) is 0 Å². The van der Waals surface area contributed by atoms with Crippen LogP contribution in [-0.4, -0.2) is 63.3 Å². The number of carbonyl (C=O) groups is 1. The van der Waals surface area contributed by atoms with Crippen molar-refractivity contribution in [3.8, 4) is 0 Å². The lowest BCUT2D eigenvalue weighted by Crippen LogP contribution is -2.53. The molecule has 1 aromatic rings. The molecule has 2 bridgehead atoms. The van der Waals surface area contributed by atoms with Gasteiger partial charge in [-0.1, -0.05) is 0 Å². The van der Waals surface area contributed by atoms with Crippen molar-refractivity contribution in [2.45, 2.75) is 62.3 Å². The van der Waals surface area contributed by atoms with Crippen molar-refractivity contribution in [1.29, 1.82) is 0 Å². The number of amides is 1. The number of fused-ring (bicyclic) bond motifs is 2. The first kappa shape index (κ1) is 17.0. The van der Waals surface area contributed by atoms with E-state index in [1.54, 1.807) is 6.20 Å². The molecule has 1 aromatic heterocycles. The first-order valence-corrected chi connectivity index (χ1v) is 9.39. The smallest absolute Gasteiger partial charge is 0.234 e. The van der Waals surface area contributed by atoms with Crippen LogP contribution in [0.3, 0.4) is 0 Å². The van der Waals surface area contributed by atoms with Gasteiger partial charge in [0.25, 0.3) is 0 Å². The number of rotatable bonds is 5. The molecule has 0 aromatic carbocycles. The van der Waals surface area contributed by atoms with Gasteiger partial charge in [0, 0.05) is 44.7 Å². The molecule has 25 heavy (non-hydrogen) atoms. The largest absolute Gasteiger partial charge is 0.382 e. The highest BCUT2D eigenvalue weighted by molar-refractivity contribution is 5.78. The highest BCUT2D eigenvalue weighted by atomic mass is 16.5. The predicted octanol–water partition coefficient (Wildman–Crippen LogP) is 0.530. The van der Waals surface area contributed by atoms with Gasteiger partial charge >= 0.3 is 0 Å². The van der Waals surface area contributed by atoms with E-state index in [2.05, 4.69) is 15.2 Å². The summed E-state index contributed by atoms with van der Waals surface area (Å²) in [7, 11) is 1.92. The van der Waals surface area contributed by atoms with Crippen LogP contribution in [-0.2, 0) is 22.2 Å². The molecule has 2 N–H and O–H groups in total. The molecule has 7 heteroatoms. The average molecular weight is 348 g/mol. The molecule has 138 valence electrons. The Labute approximate surface area is 148 Å². The van der Waals surface area contributed by atoms with Crippen molar-refractivity contribution in [3.05, 3.63) is 18.2 Å². The van der Waals surface area contributed by atoms with Crippen molar-refractivity contribution in [2.24, 2.45) is 7.05 Å². The van der Waals surface area contributed by atoms with Gasteiger partial charge in [0.05, 0.1) is 12.6 Å². The molecule has 0 radical (unpaired) electrons. The number of hydrogen-bond acceptors (Lipinski definition) is 5. The molecule has 3 fully saturated rings. The van der Waals surface area contributed by atoms with Gasteiger partial charge in [0.2, 0.25) is 5.91 Å². The minimum absolute atomic E-state index is 0.0647. The Morgan fingerprint density at radius 3 is 2.76 bits per heavy atom. The molecule has 3 aliphatic heterocycles. The standard InChI is InChI=1S/C18H28N4O3/c1-21-7-6-19-17(21)18(24)9-13-4-5-14(10-18)22(13)12-16(23)20-11-15-3-2-8-25-15/h6-7,13-15,24H,2-5,8-12H2,1H3,(H,20,23)/t13-,14-,15-/m0/s1. The maximum Gasteiger partial charge on any atom is 0.234 e. The minimum Gasteiger partial charge on any atom is -0.382 e. The monoisotopic (exact) mass is 348 g/mol. The van der Waals surface area contributed by atoms with Crippen LogP contribution in [0.15, 0.2) is 12.4 Å². The number of carbonyl (C=O) groups excluding carboxylic acids is 1. The highest BCUT2D eigenvalue weighted by Gasteiger charge is 2.50. The second kappa shape index (κ2) is 6.70. The maximum atomic E-state index is 12.3. The predicted molar refractivity (Wildman–Crippen MR) is 91.8 cm³/mol. The van der Waals surface area contributed by atoms with Gasteiger partial charge in [-0.25, -0.2) is 4.98 Å². The summed E-state index contributed by atoms with van der Waals surface area (Å²) in [5.41, 5.74) is -0.880. The third-order valence-corrected chi connectivity index (χ3v) is 6.03. The number of nitrogens with zero attached hydrogens (tertiary/aromatic N) is 3. The number of nitrogens with one attached hydrogen (secondary N) is 1. The third kappa shape index (κ3) is 3.32. The Kier molecular flexibility index (Phi) is 4.56. The molecule has 4 heterocycles. The SMILES string of the molecule is Cn1ccnc1C1(O)C[C@@H]2CC[C@@H](C1)N2CC(=O)NC[C@@H]1CCCO1. The summed E-state index contributed by atoms with van der Waals surface area (Å²) < 4.78 is 7.46. The van der Waals surface area contributed by atoms with Crippen LogP contribution >= 0.6 is 0 Å². The van der Waals surface area contributed by atoms with E-state index in [1.165, 1.54) is 0 Å². The highest BCUT2D eigenvalue weighted by Crippen LogP contribution is 2.44.